The molecule has 0 atom stereocenters. The lowest BCUT2D eigenvalue weighted by Gasteiger charge is -1.99. The summed E-state index contributed by atoms with van der Waals surface area (Å²) in [5.41, 5.74) is 3.66. The highest BCUT2D eigenvalue weighted by Crippen LogP contribution is 2.07. The van der Waals surface area contributed by atoms with Gasteiger partial charge >= 0.3 is 0 Å². The van der Waals surface area contributed by atoms with E-state index in [1.807, 2.05) is 13.0 Å². The van der Waals surface area contributed by atoms with Crippen LogP contribution in [-0.2, 0) is 4.84 Å². The van der Waals surface area contributed by atoms with Gasteiger partial charge < -0.3 is 4.84 Å². The standard InChI is InChI=1S/C11H15NO/c1-4-13-12-8-11-6-5-9(2)10(3)7-11/h5-8H,4H2,1-3H3/b12-8+. The van der Waals surface area contributed by atoms with E-state index in [2.05, 4.69) is 31.1 Å². The lowest BCUT2D eigenvalue weighted by Crippen LogP contribution is -1.87. The largest absolute Gasteiger partial charge is 0.396 e. The van der Waals surface area contributed by atoms with Crippen molar-refractivity contribution in [3.63, 3.8) is 0 Å². The van der Waals surface area contributed by atoms with Crippen LogP contribution < -0.4 is 0 Å². The molecule has 0 aliphatic heterocycles. The molecule has 0 aliphatic rings. The van der Waals surface area contributed by atoms with Crippen molar-refractivity contribution in [1.82, 2.24) is 0 Å². The summed E-state index contributed by atoms with van der Waals surface area (Å²) < 4.78 is 0. The maximum absolute atomic E-state index is 4.88. The topological polar surface area (TPSA) is 21.6 Å². The Kier molecular flexibility index (Phi) is 3.50. The first-order chi connectivity index (χ1) is 6.24. The average Bonchev–Trinajstić information content (AvgIpc) is 2.12. The number of hydrogen-bond donors (Lipinski definition) is 0. The fourth-order valence-corrected chi connectivity index (χ4v) is 1.02. The van der Waals surface area contributed by atoms with Crippen LogP contribution in [0, 0.1) is 13.8 Å². The van der Waals surface area contributed by atoms with Crippen molar-refractivity contribution in [2.24, 2.45) is 5.16 Å². The number of benzene rings is 1. The van der Waals surface area contributed by atoms with E-state index in [0.717, 1.165) is 5.56 Å². The van der Waals surface area contributed by atoms with Crippen LogP contribution >= 0.6 is 0 Å². The minimum atomic E-state index is 0.612. The highest BCUT2D eigenvalue weighted by atomic mass is 16.6. The van der Waals surface area contributed by atoms with E-state index >= 15 is 0 Å². The van der Waals surface area contributed by atoms with Gasteiger partial charge in [0, 0.05) is 0 Å². The third-order valence-electron chi connectivity index (χ3n) is 1.94. The van der Waals surface area contributed by atoms with Crippen LogP contribution in [0.15, 0.2) is 23.4 Å². The molecule has 70 valence electrons. The maximum Gasteiger partial charge on any atom is 0.114 e. The number of oxime groups is 1. The van der Waals surface area contributed by atoms with Crippen molar-refractivity contribution in [1.29, 1.82) is 0 Å². The van der Waals surface area contributed by atoms with Gasteiger partial charge in [-0.3, -0.25) is 0 Å². The normalized spacial score (nSPS) is 10.7. The lowest BCUT2D eigenvalue weighted by atomic mass is 10.1. The van der Waals surface area contributed by atoms with Gasteiger partial charge in [-0.05, 0) is 37.5 Å². The van der Waals surface area contributed by atoms with Gasteiger partial charge in [0.25, 0.3) is 0 Å². The minimum absolute atomic E-state index is 0.612. The van der Waals surface area contributed by atoms with Gasteiger partial charge in [0.05, 0.1) is 6.21 Å². The molecular weight excluding hydrogens is 162 g/mol. The van der Waals surface area contributed by atoms with Crippen LogP contribution in [0.2, 0.25) is 0 Å². The molecule has 1 aromatic carbocycles. The number of hydrogen-bond acceptors (Lipinski definition) is 2. The van der Waals surface area contributed by atoms with E-state index in [1.54, 1.807) is 6.21 Å². The molecule has 0 saturated carbocycles. The number of rotatable bonds is 3. The predicted molar refractivity (Wildman–Crippen MR) is 55.1 cm³/mol. The zero-order chi connectivity index (χ0) is 9.68. The van der Waals surface area contributed by atoms with Gasteiger partial charge in [-0.2, -0.15) is 0 Å². The van der Waals surface area contributed by atoms with Gasteiger partial charge in [0.15, 0.2) is 0 Å². The van der Waals surface area contributed by atoms with Gasteiger partial charge in [0.1, 0.15) is 6.61 Å². The number of nitrogens with zero attached hydrogens (tertiary/aromatic N) is 1. The van der Waals surface area contributed by atoms with Crippen molar-refractivity contribution in [2.45, 2.75) is 20.8 Å². The molecule has 2 nitrogen and oxygen atoms in total. The summed E-state index contributed by atoms with van der Waals surface area (Å²) in [7, 11) is 0. The second-order valence-corrected chi connectivity index (χ2v) is 3.00. The van der Waals surface area contributed by atoms with E-state index in [0.29, 0.717) is 6.61 Å². The molecule has 0 N–H and O–H groups in total. The first kappa shape index (κ1) is 9.78. The Balaban J connectivity index is 2.73. The summed E-state index contributed by atoms with van der Waals surface area (Å²) in [5, 5.41) is 3.81. The predicted octanol–water partition coefficient (Wildman–Crippen LogP) is 2.67. The molecule has 1 rings (SSSR count). The van der Waals surface area contributed by atoms with E-state index in [-0.39, 0.29) is 0 Å². The SMILES string of the molecule is CCO/N=C/c1ccc(C)c(C)c1. The van der Waals surface area contributed by atoms with Crippen molar-refractivity contribution < 1.29 is 4.84 Å². The van der Waals surface area contributed by atoms with Crippen molar-refractivity contribution in [2.75, 3.05) is 6.61 Å². The van der Waals surface area contributed by atoms with Crippen molar-refractivity contribution >= 4 is 6.21 Å². The summed E-state index contributed by atoms with van der Waals surface area (Å²) in [6, 6.07) is 6.21. The average molecular weight is 177 g/mol. The third-order valence-corrected chi connectivity index (χ3v) is 1.94. The highest BCUT2D eigenvalue weighted by Gasteiger charge is 1.92. The Bertz CT molecular complexity index is 305. The Labute approximate surface area is 79.2 Å². The molecule has 1 aromatic rings. The zero-order valence-electron chi connectivity index (χ0n) is 8.37. The lowest BCUT2D eigenvalue weighted by molar-refractivity contribution is 0.160. The van der Waals surface area contributed by atoms with Crippen LogP contribution in [-0.4, -0.2) is 12.8 Å². The van der Waals surface area contributed by atoms with E-state index in [1.165, 1.54) is 11.1 Å². The molecule has 0 spiro atoms. The molecule has 13 heavy (non-hydrogen) atoms. The molecule has 0 radical (unpaired) electrons. The summed E-state index contributed by atoms with van der Waals surface area (Å²) in [6.45, 7) is 6.71. The minimum Gasteiger partial charge on any atom is -0.396 e. The summed E-state index contributed by atoms with van der Waals surface area (Å²) >= 11 is 0. The van der Waals surface area contributed by atoms with Gasteiger partial charge in [-0.1, -0.05) is 23.4 Å². The number of aryl methyl sites for hydroxylation is 2. The molecule has 0 heterocycles. The van der Waals surface area contributed by atoms with E-state index in [4.69, 9.17) is 4.84 Å². The molecule has 0 amide bonds. The molecule has 0 unspecified atom stereocenters. The molecule has 0 bridgehead atoms. The summed E-state index contributed by atoms with van der Waals surface area (Å²) in [4.78, 5) is 4.88. The molecule has 0 fully saturated rings. The quantitative estimate of drug-likeness (QED) is 0.514. The van der Waals surface area contributed by atoms with Crippen LogP contribution in [0.25, 0.3) is 0 Å². The molecule has 0 saturated heterocycles. The Hall–Kier alpha value is -1.31. The second-order valence-electron chi connectivity index (χ2n) is 3.00. The smallest absolute Gasteiger partial charge is 0.114 e. The van der Waals surface area contributed by atoms with Gasteiger partial charge in [-0.15, -0.1) is 0 Å². The Morgan fingerprint density at radius 3 is 2.69 bits per heavy atom. The molecule has 2 heteroatoms. The van der Waals surface area contributed by atoms with Crippen LogP contribution in [0.3, 0.4) is 0 Å². The van der Waals surface area contributed by atoms with Gasteiger partial charge in [0.2, 0.25) is 0 Å². The summed E-state index contributed by atoms with van der Waals surface area (Å²) in [6.07, 6.45) is 1.73. The van der Waals surface area contributed by atoms with Crippen LogP contribution in [0.4, 0.5) is 0 Å². The van der Waals surface area contributed by atoms with Crippen molar-refractivity contribution in [3.05, 3.63) is 34.9 Å². The zero-order valence-corrected chi connectivity index (χ0v) is 8.37. The highest BCUT2D eigenvalue weighted by molar-refractivity contribution is 5.79. The Morgan fingerprint density at radius 1 is 1.31 bits per heavy atom. The van der Waals surface area contributed by atoms with E-state index in [9.17, 15) is 0 Å². The van der Waals surface area contributed by atoms with E-state index < -0.39 is 0 Å². The third kappa shape index (κ3) is 2.90. The first-order valence-corrected chi connectivity index (χ1v) is 4.46. The fraction of sp³-hybridized carbons (Fsp3) is 0.364. The van der Waals surface area contributed by atoms with Crippen LogP contribution in [0.5, 0.6) is 0 Å². The second kappa shape index (κ2) is 4.65. The fourth-order valence-electron chi connectivity index (χ4n) is 1.02. The van der Waals surface area contributed by atoms with Gasteiger partial charge in [-0.25, -0.2) is 0 Å². The molecule has 0 aliphatic carbocycles. The maximum atomic E-state index is 4.88. The molecule has 0 aromatic heterocycles. The molecular formula is C11H15NO. The van der Waals surface area contributed by atoms with Crippen molar-refractivity contribution in [3.8, 4) is 0 Å². The summed E-state index contributed by atoms with van der Waals surface area (Å²) in [5.74, 6) is 0. The first-order valence-electron chi connectivity index (χ1n) is 4.46. The monoisotopic (exact) mass is 177 g/mol. The Morgan fingerprint density at radius 2 is 2.08 bits per heavy atom. The van der Waals surface area contributed by atoms with Crippen LogP contribution in [0.1, 0.15) is 23.6 Å².